The molecule has 2 unspecified atom stereocenters. The Morgan fingerprint density at radius 2 is 2.40 bits per heavy atom. The second-order valence-corrected chi connectivity index (χ2v) is 3.63. The Morgan fingerprint density at radius 3 is 2.80 bits per heavy atom. The summed E-state index contributed by atoms with van der Waals surface area (Å²) >= 11 is 0. The SMILES string of the molecule is CCC12CCC#CC1CC2. The molecule has 2 aliphatic carbocycles. The van der Waals surface area contributed by atoms with Crippen LogP contribution in [0.4, 0.5) is 0 Å². The molecule has 10 heavy (non-hydrogen) atoms. The summed E-state index contributed by atoms with van der Waals surface area (Å²) in [4.78, 5) is 0. The lowest BCUT2D eigenvalue weighted by atomic mass is 9.55. The van der Waals surface area contributed by atoms with Gasteiger partial charge in [-0.1, -0.05) is 12.8 Å². The fourth-order valence-corrected chi connectivity index (χ4v) is 2.33. The third-order valence-electron chi connectivity index (χ3n) is 3.40. The Balaban J connectivity index is 2.19. The van der Waals surface area contributed by atoms with Crippen molar-refractivity contribution in [2.45, 2.75) is 39.0 Å². The molecule has 0 aromatic carbocycles. The van der Waals surface area contributed by atoms with Crippen molar-refractivity contribution in [1.82, 2.24) is 0 Å². The van der Waals surface area contributed by atoms with Gasteiger partial charge in [-0.15, -0.1) is 5.92 Å². The number of hydrogen-bond donors (Lipinski definition) is 0. The van der Waals surface area contributed by atoms with Crippen molar-refractivity contribution >= 4 is 0 Å². The first-order chi connectivity index (χ1) is 4.87. The topological polar surface area (TPSA) is 0 Å². The van der Waals surface area contributed by atoms with Gasteiger partial charge in [0.1, 0.15) is 0 Å². The average Bonchev–Trinajstić information content (AvgIpc) is 1.93. The molecule has 1 saturated carbocycles. The minimum absolute atomic E-state index is 0.686. The maximum atomic E-state index is 3.36. The Bertz CT molecular complexity index is 190. The standard InChI is InChI=1S/C10H14/c1-2-10-7-4-3-5-9(10)6-8-10/h9H,2,4,6-8H2,1H3. The summed E-state index contributed by atoms with van der Waals surface area (Å²) < 4.78 is 0. The maximum Gasteiger partial charge on any atom is 0.0259 e. The Labute approximate surface area is 63.0 Å². The maximum absolute atomic E-state index is 3.36. The van der Waals surface area contributed by atoms with Crippen molar-refractivity contribution < 1.29 is 0 Å². The lowest BCUT2D eigenvalue weighted by Crippen LogP contribution is -2.40. The van der Waals surface area contributed by atoms with Crippen LogP contribution in [0.25, 0.3) is 0 Å². The first kappa shape index (κ1) is 6.28. The predicted octanol–water partition coefficient (Wildman–Crippen LogP) is 2.59. The molecule has 0 spiro atoms. The lowest BCUT2D eigenvalue weighted by molar-refractivity contribution is 0.0536. The smallest absolute Gasteiger partial charge is 0.0259 e. The molecule has 0 heteroatoms. The van der Waals surface area contributed by atoms with Crippen molar-refractivity contribution in [1.29, 1.82) is 0 Å². The Morgan fingerprint density at radius 1 is 1.50 bits per heavy atom. The fourth-order valence-electron chi connectivity index (χ4n) is 2.33. The van der Waals surface area contributed by atoms with E-state index in [2.05, 4.69) is 18.8 Å². The van der Waals surface area contributed by atoms with Crippen LogP contribution in [0.2, 0.25) is 0 Å². The first-order valence-corrected chi connectivity index (χ1v) is 4.36. The van der Waals surface area contributed by atoms with E-state index in [9.17, 15) is 0 Å². The average molecular weight is 134 g/mol. The highest BCUT2D eigenvalue weighted by Gasteiger charge is 2.44. The van der Waals surface area contributed by atoms with Crippen LogP contribution in [0, 0.1) is 23.2 Å². The van der Waals surface area contributed by atoms with E-state index in [1.54, 1.807) is 0 Å². The summed E-state index contributed by atoms with van der Waals surface area (Å²) in [6.45, 7) is 2.32. The van der Waals surface area contributed by atoms with Crippen molar-refractivity contribution in [2.24, 2.45) is 11.3 Å². The summed E-state index contributed by atoms with van der Waals surface area (Å²) in [5.74, 6) is 7.37. The van der Waals surface area contributed by atoms with E-state index in [0.29, 0.717) is 5.41 Å². The van der Waals surface area contributed by atoms with E-state index in [-0.39, 0.29) is 0 Å². The van der Waals surface area contributed by atoms with E-state index < -0.39 is 0 Å². The molecule has 0 aliphatic heterocycles. The van der Waals surface area contributed by atoms with Gasteiger partial charge in [-0.2, -0.15) is 0 Å². The van der Waals surface area contributed by atoms with Gasteiger partial charge < -0.3 is 0 Å². The number of fused-ring (bicyclic) bond motifs is 1. The summed E-state index contributed by atoms with van der Waals surface area (Å²) in [5.41, 5.74) is 0.686. The molecule has 0 saturated heterocycles. The van der Waals surface area contributed by atoms with Crippen LogP contribution in [-0.4, -0.2) is 0 Å². The third-order valence-corrected chi connectivity index (χ3v) is 3.40. The second kappa shape index (κ2) is 2.02. The normalized spacial score (nSPS) is 42.7. The molecule has 0 heterocycles. The van der Waals surface area contributed by atoms with Gasteiger partial charge in [-0.05, 0) is 31.1 Å². The van der Waals surface area contributed by atoms with Crippen LogP contribution in [0.5, 0.6) is 0 Å². The Hall–Kier alpha value is -0.440. The molecule has 2 rings (SSSR count). The molecule has 0 aromatic rings. The summed E-state index contributed by atoms with van der Waals surface area (Å²) in [6.07, 6.45) is 6.71. The van der Waals surface area contributed by atoms with E-state index in [4.69, 9.17) is 0 Å². The van der Waals surface area contributed by atoms with Gasteiger partial charge in [-0.25, -0.2) is 0 Å². The highest BCUT2D eigenvalue weighted by atomic mass is 14.5. The summed E-state index contributed by atoms with van der Waals surface area (Å²) in [6, 6.07) is 0. The molecule has 54 valence electrons. The van der Waals surface area contributed by atoms with Crippen molar-refractivity contribution in [3.63, 3.8) is 0 Å². The predicted molar refractivity (Wildman–Crippen MR) is 42.5 cm³/mol. The van der Waals surface area contributed by atoms with Crippen LogP contribution in [-0.2, 0) is 0 Å². The van der Waals surface area contributed by atoms with E-state index in [0.717, 1.165) is 12.3 Å². The molecule has 2 aliphatic rings. The number of rotatable bonds is 1. The van der Waals surface area contributed by atoms with Crippen molar-refractivity contribution in [3.05, 3.63) is 0 Å². The van der Waals surface area contributed by atoms with Gasteiger partial charge in [0.25, 0.3) is 0 Å². The molecule has 1 fully saturated rings. The summed E-state index contributed by atoms with van der Waals surface area (Å²) in [5, 5.41) is 0. The minimum Gasteiger partial charge on any atom is -0.103 e. The largest absolute Gasteiger partial charge is 0.103 e. The highest BCUT2D eigenvalue weighted by Crippen LogP contribution is 2.53. The van der Waals surface area contributed by atoms with Crippen molar-refractivity contribution in [3.8, 4) is 11.8 Å². The zero-order chi connectivity index (χ0) is 7.03. The van der Waals surface area contributed by atoms with Crippen molar-refractivity contribution in [2.75, 3.05) is 0 Å². The van der Waals surface area contributed by atoms with E-state index in [1.807, 2.05) is 0 Å². The van der Waals surface area contributed by atoms with Gasteiger partial charge in [0.15, 0.2) is 0 Å². The molecule has 0 aromatic heterocycles. The minimum atomic E-state index is 0.686. The van der Waals surface area contributed by atoms with Gasteiger partial charge in [0.05, 0.1) is 0 Å². The van der Waals surface area contributed by atoms with Gasteiger partial charge >= 0.3 is 0 Å². The van der Waals surface area contributed by atoms with Crippen LogP contribution in [0.15, 0.2) is 0 Å². The fraction of sp³-hybridized carbons (Fsp3) is 0.800. The quantitative estimate of drug-likeness (QED) is 0.483. The third kappa shape index (κ3) is 0.639. The molecule has 2 atom stereocenters. The van der Waals surface area contributed by atoms with Crippen LogP contribution in [0.1, 0.15) is 39.0 Å². The zero-order valence-corrected chi connectivity index (χ0v) is 6.61. The highest BCUT2D eigenvalue weighted by molar-refractivity contribution is 5.18. The zero-order valence-electron chi connectivity index (χ0n) is 6.61. The summed E-state index contributed by atoms with van der Waals surface area (Å²) in [7, 11) is 0. The second-order valence-electron chi connectivity index (χ2n) is 3.63. The van der Waals surface area contributed by atoms with Gasteiger partial charge in [0.2, 0.25) is 0 Å². The van der Waals surface area contributed by atoms with E-state index in [1.165, 1.54) is 25.7 Å². The molecule has 0 radical (unpaired) electrons. The van der Waals surface area contributed by atoms with Gasteiger partial charge in [0, 0.05) is 12.3 Å². The van der Waals surface area contributed by atoms with Crippen LogP contribution < -0.4 is 0 Å². The molecule has 0 nitrogen and oxygen atoms in total. The Kier molecular flexibility index (Phi) is 1.27. The lowest BCUT2D eigenvalue weighted by Gasteiger charge is -2.48. The van der Waals surface area contributed by atoms with Crippen LogP contribution in [0.3, 0.4) is 0 Å². The molecular weight excluding hydrogens is 120 g/mol. The van der Waals surface area contributed by atoms with Crippen LogP contribution >= 0.6 is 0 Å². The molecule has 0 bridgehead atoms. The molecule has 0 amide bonds. The molecular formula is C10H14. The number of hydrogen-bond acceptors (Lipinski definition) is 0. The first-order valence-electron chi connectivity index (χ1n) is 4.36. The monoisotopic (exact) mass is 134 g/mol. The van der Waals surface area contributed by atoms with E-state index >= 15 is 0 Å². The molecule has 0 N–H and O–H groups in total. The van der Waals surface area contributed by atoms with Gasteiger partial charge in [-0.3, -0.25) is 0 Å².